The molecule has 2 aromatic rings. The summed E-state index contributed by atoms with van der Waals surface area (Å²) in [6.45, 7) is 0.795. The maximum absolute atomic E-state index is 13.8. The minimum atomic E-state index is -3.78. The number of carbonyl (C=O) groups excluding carboxylic acids is 1. The average Bonchev–Trinajstić information content (AvgIpc) is 2.75. The molecule has 1 heterocycles. The first-order valence-corrected chi connectivity index (χ1v) is 12.8. The fourth-order valence-electron chi connectivity index (χ4n) is 3.37. The molecule has 0 aliphatic carbocycles. The number of nitrogens with one attached hydrogen (secondary N) is 1. The standard InChI is InChI=1S/C21H23ClF2N2O3S2/c22-19-4-1-5-20(24)18(19)14-30-12-10-25-21(27)15-3-2-11-26(13-15)31(28,29)17-8-6-16(23)7-9-17/h1,4-9,15H,2-3,10-14H2,(H,25,27). The van der Waals surface area contributed by atoms with E-state index in [1.807, 2.05) is 0 Å². The average molecular weight is 489 g/mol. The highest BCUT2D eigenvalue weighted by molar-refractivity contribution is 7.98. The Labute approximate surface area is 190 Å². The van der Waals surface area contributed by atoms with Crippen molar-refractivity contribution in [1.82, 2.24) is 9.62 Å². The molecule has 1 amide bonds. The van der Waals surface area contributed by atoms with Crippen LogP contribution in [-0.4, -0.2) is 44.0 Å². The van der Waals surface area contributed by atoms with Crippen LogP contribution >= 0.6 is 23.4 Å². The van der Waals surface area contributed by atoms with Crippen LogP contribution in [0.2, 0.25) is 5.02 Å². The maximum Gasteiger partial charge on any atom is 0.243 e. The van der Waals surface area contributed by atoms with Crippen molar-refractivity contribution in [3.05, 3.63) is 64.7 Å². The Morgan fingerprint density at radius 3 is 2.65 bits per heavy atom. The van der Waals surface area contributed by atoms with Crippen LogP contribution in [0.4, 0.5) is 8.78 Å². The molecular weight excluding hydrogens is 466 g/mol. The maximum atomic E-state index is 13.8. The van der Waals surface area contributed by atoms with Gasteiger partial charge in [-0.15, -0.1) is 0 Å². The number of thioether (sulfide) groups is 1. The lowest BCUT2D eigenvalue weighted by atomic mass is 9.99. The first kappa shape index (κ1) is 24.0. The largest absolute Gasteiger partial charge is 0.355 e. The summed E-state index contributed by atoms with van der Waals surface area (Å²) in [4.78, 5) is 12.5. The topological polar surface area (TPSA) is 66.5 Å². The molecule has 0 saturated carbocycles. The van der Waals surface area contributed by atoms with Gasteiger partial charge >= 0.3 is 0 Å². The SMILES string of the molecule is O=C(NCCSCc1c(F)cccc1Cl)C1CCCN(S(=O)(=O)c2ccc(F)cc2)C1. The highest BCUT2D eigenvalue weighted by atomic mass is 35.5. The third-order valence-electron chi connectivity index (χ3n) is 5.06. The molecule has 1 atom stereocenters. The molecule has 31 heavy (non-hydrogen) atoms. The monoisotopic (exact) mass is 488 g/mol. The van der Waals surface area contributed by atoms with E-state index in [-0.39, 0.29) is 23.2 Å². The van der Waals surface area contributed by atoms with E-state index >= 15 is 0 Å². The van der Waals surface area contributed by atoms with E-state index in [4.69, 9.17) is 11.6 Å². The van der Waals surface area contributed by atoms with Crippen LogP contribution in [0.1, 0.15) is 18.4 Å². The van der Waals surface area contributed by atoms with Crippen LogP contribution < -0.4 is 5.32 Å². The normalized spacial score (nSPS) is 17.5. The predicted molar refractivity (Wildman–Crippen MR) is 118 cm³/mol. The quantitative estimate of drug-likeness (QED) is 0.569. The molecule has 0 radical (unpaired) electrons. The van der Waals surface area contributed by atoms with Gasteiger partial charge in [0, 0.05) is 41.7 Å². The Morgan fingerprint density at radius 2 is 1.94 bits per heavy atom. The van der Waals surface area contributed by atoms with Crippen molar-refractivity contribution >= 4 is 39.3 Å². The molecular formula is C21H23ClF2N2O3S2. The van der Waals surface area contributed by atoms with E-state index in [9.17, 15) is 22.0 Å². The summed E-state index contributed by atoms with van der Waals surface area (Å²) in [5, 5.41) is 3.21. The summed E-state index contributed by atoms with van der Waals surface area (Å²) >= 11 is 7.45. The number of rotatable bonds is 8. The summed E-state index contributed by atoms with van der Waals surface area (Å²) in [5.74, 6) is -0.549. The van der Waals surface area contributed by atoms with E-state index in [0.29, 0.717) is 48.0 Å². The van der Waals surface area contributed by atoms with E-state index in [1.54, 1.807) is 12.1 Å². The Bertz CT molecular complexity index is 1000. The highest BCUT2D eigenvalue weighted by Gasteiger charge is 2.33. The summed E-state index contributed by atoms with van der Waals surface area (Å²) in [6.07, 6.45) is 1.16. The third-order valence-corrected chi connectivity index (χ3v) is 8.28. The van der Waals surface area contributed by atoms with Crippen molar-refractivity contribution in [3.63, 3.8) is 0 Å². The second kappa shape index (κ2) is 10.8. The summed E-state index contributed by atoms with van der Waals surface area (Å²) < 4.78 is 53.7. The molecule has 0 spiro atoms. The molecule has 2 aromatic carbocycles. The van der Waals surface area contributed by atoms with Gasteiger partial charge in [0.05, 0.1) is 10.8 Å². The second-order valence-corrected chi connectivity index (χ2v) is 10.7. The van der Waals surface area contributed by atoms with E-state index in [2.05, 4.69) is 5.32 Å². The second-order valence-electron chi connectivity index (χ2n) is 7.20. The van der Waals surface area contributed by atoms with Crippen LogP contribution in [-0.2, 0) is 20.6 Å². The Kier molecular flexibility index (Phi) is 8.32. The van der Waals surface area contributed by atoms with Crippen LogP contribution in [0.25, 0.3) is 0 Å². The fourth-order valence-corrected chi connectivity index (χ4v) is 6.09. The zero-order valence-electron chi connectivity index (χ0n) is 16.7. The Balaban J connectivity index is 1.48. The van der Waals surface area contributed by atoms with Crippen molar-refractivity contribution in [2.24, 2.45) is 5.92 Å². The molecule has 3 rings (SSSR count). The van der Waals surface area contributed by atoms with Crippen LogP contribution in [0.5, 0.6) is 0 Å². The van der Waals surface area contributed by atoms with Crippen molar-refractivity contribution in [2.75, 3.05) is 25.4 Å². The van der Waals surface area contributed by atoms with Gasteiger partial charge in [-0.05, 0) is 49.2 Å². The van der Waals surface area contributed by atoms with Gasteiger partial charge < -0.3 is 5.32 Å². The van der Waals surface area contributed by atoms with Gasteiger partial charge in [0.2, 0.25) is 15.9 Å². The van der Waals surface area contributed by atoms with Crippen molar-refractivity contribution in [3.8, 4) is 0 Å². The molecule has 1 fully saturated rings. The summed E-state index contributed by atoms with van der Waals surface area (Å²) in [7, 11) is -3.78. The minimum absolute atomic E-state index is 0.0122. The number of benzene rings is 2. The fraction of sp³-hybridized carbons (Fsp3) is 0.381. The van der Waals surface area contributed by atoms with E-state index in [1.165, 1.54) is 34.3 Å². The molecule has 1 aliphatic rings. The van der Waals surface area contributed by atoms with Gasteiger partial charge in [0.15, 0.2) is 0 Å². The number of hydrogen-bond acceptors (Lipinski definition) is 4. The van der Waals surface area contributed by atoms with Gasteiger partial charge in [0.1, 0.15) is 11.6 Å². The molecule has 1 N–H and O–H groups in total. The minimum Gasteiger partial charge on any atom is -0.355 e. The predicted octanol–water partition coefficient (Wildman–Crippen LogP) is 4.07. The molecule has 10 heteroatoms. The van der Waals surface area contributed by atoms with Gasteiger partial charge in [-0.25, -0.2) is 17.2 Å². The van der Waals surface area contributed by atoms with Gasteiger partial charge in [-0.3, -0.25) is 4.79 Å². The molecule has 1 unspecified atom stereocenters. The van der Waals surface area contributed by atoms with Crippen LogP contribution in [0.3, 0.4) is 0 Å². The molecule has 0 bridgehead atoms. The van der Waals surface area contributed by atoms with Crippen molar-refractivity contribution in [1.29, 1.82) is 0 Å². The van der Waals surface area contributed by atoms with Crippen LogP contribution in [0, 0.1) is 17.6 Å². The van der Waals surface area contributed by atoms with Crippen molar-refractivity contribution in [2.45, 2.75) is 23.5 Å². The summed E-state index contributed by atoms with van der Waals surface area (Å²) in [5.41, 5.74) is 0.439. The Hall–Kier alpha value is -1.68. The van der Waals surface area contributed by atoms with Gasteiger partial charge in [-0.1, -0.05) is 17.7 Å². The van der Waals surface area contributed by atoms with Crippen molar-refractivity contribution < 1.29 is 22.0 Å². The number of piperidine rings is 1. The summed E-state index contributed by atoms with van der Waals surface area (Å²) in [6, 6.07) is 9.21. The van der Waals surface area contributed by atoms with Gasteiger partial charge in [-0.2, -0.15) is 16.1 Å². The molecule has 5 nitrogen and oxygen atoms in total. The third kappa shape index (κ3) is 6.19. The zero-order chi connectivity index (χ0) is 22.4. The van der Waals surface area contributed by atoms with Crippen LogP contribution in [0.15, 0.2) is 47.4 Å². The van der Waals surface area contributed by atoms with E-state index < -0.39 is 21.8 Å². The first-order chi connectivity index (χ1) is 14.8. The number of hydrogen-bond donors (Lipinski definition) is 1. The lowest BCUT2D eigenvalue weighted by Crippen LogP contribution is -2.45. The molecule has 1 saturated heterocycles. The van der Waals surface area contributed by atoms with E-state index in [0.717, 1.165) is 12.1 Å². The Morgan fingerprint density at radius 1 is 1.19 bits per heavy atom. The first-order valence-electron chi connectivity index (χ1n) is 9.83. The number of sulfonamides is 1. The van der Waals surface area contributed by atoms with Gasteiger partial charge in [0.25, 0.3) is 0 Å². The smallest absolute Gasteiger partial charge is 0.243 e. The molecule has 1 aliphatic heterocycles. The lowest BCUT2D eigenvalue weighted by Gasteiger charge is -2.31. The molecule has 0 aromatic heterocycles. The highest BCUT2D eigenvalue weighted by Crippen LogP contribution is 2.25. The lowest BCUT2D eigenvalue weighted by molar-refractivity contribution is -0.125. The molecule has 168 valence electrons. The number of amides is 1. The zero-order valence-corrected chi connectivity index (χ0v) is 19.1. The number of nitrogens with zero attached hydrogens (tertiary/aromatic N) is 1. The number of halogens is 3. The number of carbonyl (C=O) groups is 1.